The molecule has 164 valence electrons. The molecule has 1 aromatic rings. The lowest BCUT2D eigenvalue weighted by atomic mass is 9.80. The average molecular weight is 404 g/mol. The molecule has 0 bridgehead atoms. The molecule has 2 rings (SSSR count). The Bertz CT molecular complexity index is 622. The van der Waals surface area contributed by atoms with Crippen LogP contribution in [0.2, 0.25) is 0 Å². The lowest BCUT2D eigenvalue weighted by molar-refractivity contribution is -0.121. The van der Waals surface area contributed by atoms with Gasteiger partial charge in [0, 0.05) is 18.5 Å². The number of ether oxygens (including phenoxy) is 1. The van der Waals surface area contributed by atoms with Crippen LogP contribution in [-0.2, 0) is 10.2 Å². The smallest absolute Gasteiger partial charge is 0.220 e. The van der Waals surface area contributed by atoms with E-state index in [1.54, 1.807) is 6.07 Å². The van der Waals surface area contributed by atoms with Crippen LogP contribution in [0.25, 0.3) is 0 Å². The summed E-state index contributed by atoms with van der Waals surface area (Å²) in [7, 11) is 0. The van der Waals surface area contributed by atoms with Gasteiger partial charge in [-0.1, -0.05) is 59.3 Å². The zero-order valence-corrected chi connectivity index (χ0v) is 18.8. The summed E-state index contributed by atoms with van der Waals surface area (Å²) in [6, 6.07) is 6.14. The van der Waals surface area contributed by atoms with Crippen LogP contribution in [0.4, 0.5) is 0 Å². The number of hydrogen-bond acceptors (Lipinski definition) is 3. The van der Waals surface area contributed by atoms with Crippen LogP contribution in [0.1, 0.15) is 103 Å². The molecule has 0 radical (unpaired) electrons. The molecular formula is C25H41NO3. The number of benzene rings is 1. The Labute approximate surface area is 177 Å². The Morgan fingerprint density at radius 2 is 1.79 bits per heavy atom. The summed E-state index contributed by atoms with van der Waals surface area (Å²) in [6.07, 6.45) is 13.1. The van der Waals surface area contributed by atoms with E-state index in [1.165, 1.54) is 19.3 Å². The molecule has 0 saturated heterocycles. The molecule has 1 fully saturated rings. The molecule has 0 aliphatic heterocycles. The van der Waals surface area contributed by atoms with Crippen LogP contribution < -0.4 is 10.1 Å². The summed E-state index contributed by atoms with van der Waals surface area (Å²) >= 11 is 0. The number of unbranched alkanes of at least 4 members (excludes halogenated alkanes) is 6. The molecule has 0 unspecified atom stereocenters. The van der Waals surface area contributed by atoms with Gasteiger partial charge in [0.05, 0.1) is 6.61 Å². The van der Waals surface area contributed by atoms with Gasteiger partial charge < -0.3 is 15.2 Å². The van der Waals surface area contributed by atoms with Crippen molar-refractivity contribution in [1.82, 2.24) is 5.32 Å². The van der Waals surface area contributed by atoms with Crippen LogP contribution in [-0.4, -0.2) is 23.7 Å². The van der Waals surface area contributed by atoms with Crippen LogP contribution in [0.15, 0.2) is 18.2 Å². The number of nitrogens with one attached hydrogen (secondary N) is 1. The van der Waals surface area contributed by atoms with Crippen LogP contribution >= 0.6 is 0 Å². The maximum Gasteiger partial charge on any atom is 0.220 e. The topological polar surface area (TPSA) is 58.6 Å². The fourth-order valence-corrected chi connectivity index (χ4v) is 3.65. The fraction of sp³-hybridized carbons (Fsp3) is 0.720. The first-order chi connectivity index (χ1) is 13.9. The maximum atomic E-state index is 11.6. The van der Waals surface area contributed by atoms with Gasteiger partial charge >= 0.3 is 0 Å². The summed E-state index contributed by atoms with van der Waals surface area (Å²) in [6.45, 7) is 7.37. The predicted octanol–water partition coefficient (Wildman–Crippen LogP) is 6.25. The van der Waals surface area contributed by atoms with E-state index in [2.05, 4.69) is 32.2 Å². The van der Waals surface area contributed by atoms with Crippen molar-refractivity contribution in [1.29, 1.82) is 0 Å². The minimum Gasteiger partial charge on any atom is -0.508 e. The summed E-state index contributed by atoms with van der Waals surface area (Å²) in [5.74, 6) is 1.26. The van der Waals surface area contributed by atoms with E-state index in [1.807, 2.05) is 6.07 Å². The van der Waals surface area contributed by atoms with Gasteiger partial charge in [-0.05, 0) is 55.2 Å². The Hall–Kier alpha value is -1.71. The normalized spacial score (nSPS) is 14.0. The predicted molar refractivity (Wildman–Crippen MR) is 120 cm³/mol. The highest BCUT2D eigenvalue weighted by Crippen LogP contribution is 2.34. The third-order valence-corrected chi connectivity index (χ3v) is 5.84. The van der Waals surface area contributed by atoms with Crippen molar-refractivity contribution in [2.75, 3.05) is 6.61 Å². The van der Waals surface area contributed by atoms with Gasteiger partial charge in [-0.15, -0.1) is 0 Å². The quantitative estimate of drug-likeness (QED) is 0.340. The number of hydrogen-bond donors (Lipinski definition) is 2. The van der Waals surface area contributed by atoms with E-state index in [0.717, 1.165) is 62.7 Å². The van der Waals surface area contributed by atoms with Gasteiger partial charge in [-0.25, -0.2) is 0 Å². The highest BCUT2D eigenvalue weighted by atomic mass is 16.5. The van der Waals surface area contributed by atoms with Crippen molar-refractivity contribution >= 4 is 5.91 Å². The Morgan fingerprint density at radius 3 is 2.52 bits per heavy atom. The molecule has 0 heterocycles. The van der Waals surface area contributed by atoms with Crippen LogP contribution in [0.3, 0.4) is 0 Å². The van der Waals surface area contributed by atoms with Crippen molar-refractivity contribution in [3.63, 3.8) is 0 Å². The van der Waals surface area contributed by atoms with E-state index in [9.17, 15) is 9.90 Å². The monoisotopic (exact) mass is 403 g/mol. The molecule has 0 aromatic heterocycles. The molecule has 4 nitrogen and oxygen atoms in total. The summed E-state index contributed by atoms with van der Waals surface area (Å²) in [5.41, 5.74) is 1.19. The highest BCUT2D eigenvalue weighted by Gasteiger charge is 2.23. The lowest BCUT2D eigenvalue weighted by Gasteiger charge is -2.26. The van der Waals surface area contributed by atoms with Gasteiger partial charge in [-0.2, -0.15) is 0 Å². The molecule has 0 atom stereocenters. The van der Waals surface area contributed by atoms with Gasteiger partial charge in [0.1, 0.15) is 11.5 Å². The van der Waals surface area contributed by atoms with Crippen molar-refractivity contribution in [2.45, 2.75) is 109 Å². The SMILES string of the molecule is CCCCCC(C)(C)c1cc(O)cc(OCCCCCCCC(=O)NC2CC2)c1. The second-order valence-corrected chi connectivity index (χ2v) is 9.26. The fourth-order valence-electron chi connectivity index (χ4n) is 3.65. The number of amides is 1. The number of rotatable bonds is 15. The van der Waals surface area contributed by atoms with Crippen molar-refractivity contribution in [3.8, 4) is 11.5 Å². The third-order valence-electron chi connectivity index (χ3n) is 5.84. The zero-order chi connectivity index (χ0) is 21.1. The summed E-state index contributed by atoms with van der Waals surface area (Å²) < 4.78 is 5.92. The maximum absolute atomic E-state index is 11.6. The number of carbonyl (C=O) groups is 1. The van der Waals surface area contributed by atoms with Gasteiger partial charge in [0.15, 0.2) is 0 Å². The number of aromatic hydroxyl groups is 1. The Morgan fingerprint density at radius 1 is 1.07 bits per heavy atom. The van der Waals surface area contributed by atoms with E-state index >= 15 is 0 Å². The van der Waals surface area contributed by atoms with Gasteiger partial charge in [0.25, 0.3) is 0 Å². The zero-order valence-electron chi connectivity index (χ0n) is 18.8. The van der Waals surface area contributed by atoms with Crippen molar-refractivity contribution in [3.05, 3.63) is 23.8 Å². The van der Waals surface area contributed by atoms with Crippen LogP contribution in [0.5, 0.6) is 11.5 Å². The molecular weight excluding hydrogens is 362 g/mol. The van der Waals surface area contributed by atoms with E-state index in [4.69, 9.17) is 4.74 Å². The molecule has 1 amide bonds. The van der Waals surface area contributed by atoms with Crippen LogP contribution in [0, 0.1) is 0 Å². The first kappa shape index (κ1) is 23.6. The largest absolute Gasteiger partial charge is 0.508 e. The number of phenols is 1. The highest BCUT2D eigenvalue weighted by molar-refractivity contribution is 5.76. The first-order valence-corrected chi connectivity index (χ1v) is 11.7. The molecule has 4 heteroatoms. The molecule has 29 heavy (non-hydrogen) atoms. The second-order valence-electron chi connectivity index (χ2n) is 9.26. The number of carbonyl (C=O) groups excluding carboxylic acids is 1. The molecule has 0 spiro atoms. The first-order valence-electron chi connectivity index (χ1n) is 11.7. The standard InChI is InChI=1S/C25H41NO3/c1-4-5-10-15-25(2,3)20-17-22(27)19-23(18-20)29-16-11-8-6-7-9-12-24(28)26-21-13-14-21/h17-19,21,27H,4-16H2,1-3H3,(H,26,28). The van der Waals surface area contributed by atoms with E-state index in [0.29, 0.717) is 19.1 Å². The lowest BCUT2D eigenvalue weighted by Crippen LogP contribution is -2.24. The molecule has 1 saturated carbocycles. The Balaban J connectivity index is 1.62. The molecule has 1 aliphatic rings. The van der Waals surface area contributed by atoms with Gasteiger partial charge in [-0.3, -0.25) is 4.79 Å². The third kappa shape index (κ3) is 9.56. The molecule has 1 aromatic carbocycles. The minimum absolute atomic E-state index is 0.0395. The van der Waals surface area contributed by atoms with E-state index in [-0.39, 0.29) is 17.1 Å². The van der Waals surface area contributed by atoms with Gasteiger partial charge in [0.2, 0.25) is 5.91 Å². The van der Waals surface area contributed by atoms with Crippen molar-refractivity contribution in [2.24, 2.45) is 0 Å². The van der Waals surface area contributed by atoms with E-state index < -0.39 is 0 Å². The summed E-state index contributed by atoms with van der Waals surface area (Å²) in [4.78, 5) is 11.6. The summed E-state index contributed by atoms with van der Waals surface area (Å²) in [5, 5.41) is 13.2. The second kappa shape index (κ2) is 12.1. The number of phenolic OH excluding ortho intramolecular Hbond substituents is 1. The average Bonchev–Trinajstić information content (AvgIpc) is 3.47. The van der Waals surface area contributed by atoms with Crippen molar-refractivity contribution < 1.29 is 14.6 Å². The molecule has 1 aliphatic carbocycles. The minimum atomic E-state index is 0.0395. The molecule has 2 N–H and O–H groups in total. The Kier molecular flexibility index (Phi) is 9.83.